The summed E-state index contributed by atoms with van der Waals surface area (Å²) in [5, 5.41) is 7.43. The molecule has 0 unspecified atom stereocenters. The van der Waals surface area contributed by atoms with Gasteiger partial charge in [0.1, 0.15) is 10.8 Å². The number of imide groups is 1. The van der Waals surface area contributed by atoms with Crippen molar-refractivity contribution >= 4 is 29.3 Å². The number of carbonyl (C=O) groups is 3. The van der Waals surface area contributed by atoms with Crippen LogP contribution >= 0.6 is 11.6 Å². The molecule has 2 aromatic heterocycles. The highest BCUT2D eigenvalue weighted by Crippen LogP contribution is 2.24. The predicted molar refractivity (Wildman–Crippen MR) is 131 cm³/mol. The molecule has 0 spiro atoms. The van der Waals surface area contributed by atoms with E-state index in [0.29, 0.717) is 33.1 Å². The molecule has 4 aromatic rings. The average molecular weight is 506 g/mol. The van der Waals surface area contributed by atoms with Gasteiger partial charge in [-0.2, -0.15) is 5.10 Å². The van der Waals surface area contributed by atoms with Crippen molar-refractivity contribution in [2.75, 3.05) is 6.54 Å². The van der Waals surface area contributed by atoms with Crippen LogP contribution in [0.25, 0.3) is 5.82 Å². The van der Waals surface area contributed by atoms with Crippen LogP contribution in [-0.2, 0) is 13.5 Å². The summed E-state index contributed by atoms with van der Waals surface area (Å²) in [5.74, 6) is -1.08. The monoisotopic (exact) mass is 505 g/mol. The summed E-state index contributed by atoms with van der Waals surface area (Å²) in [6.07, 6.45) is 5.02. The summed E-state index contributed by atoms with van der Waals surface area (Å²) in [5.41, 5.74) is 1.61. The van der Waals surface area contributed by atoms with Gasteiger partial charge in [-0.3, -0.25) is 24.0 Å². The van der Waals surface area contributed by atoms with Gasteiger partial charge >= 0.3 is 0 Å². The highest BCUT2D eigenvalue weighted by atomic mass is 35.5. The molecule has 0 aliphatic carbocycles. The first-order valence-corrected chi connectivity index (χ1v) is 11.6. The summed E-state index contributed by atoms with van der Waals surface area (Å²) in [6.45, 7) is -0.0666. The van der Waals surface area contributed by atoms with E-state index in [9.17, 15) is 18.8 Å². The average Bonchev–Trinajstić information content (AvgIpc) is 3.53. The van der Waals surface area contributed by atoms with E-state index in [0.717, 1.165) is 4.90 Å². The zero-order valence-corrected chi connectivity index (χ0v) is 19.9. The van der Waals surface area contributed by atoms with Crippen molar-refractivity contribution in [2.45, 2.75) is 12.5 Å². The molecule has 10 heteroatoms. The van der Waals surface area contributed by atoms with Crippen LogP contribution in [0.4, 0.5) is 4.39 Å². The van der Waals surface area contributed by atoms with E-state index < -0.39 is 29.6 Å². The number of hydrogen-bond acceptors (Lipinski definition) is 4. The van der Waals surface area contributed by atoms with E-state index in [1.54, 1.807) is 71.2 Å². The SMILES string of the molecule is Cn1ncc(Cl)c1-n1ccc(C(=O)N[C@@H](Cc2cccc(F)c2)CN2C(=O)c3ccccc3C2=O)c1. The Morgan fingerprint density at radius 1 is 1.08 bits per heavy atom. The second kappa shape index (κ2) is 9.43. The molecule has 0 saturated carbocycles. The maximum atomic E-state index is 13.8. The van der Waals surface area contributed by atoms with Gasteiger partial charge in [-0.1, -0.05) is 35.9 Å². The number of carbonyl (C=O) groups excluding carboxylic acids is 3. The van der Waals surface area contributed by atoms with E-state index in [1.165, 1.54) is 18.3 Å². The first-order valence-electron chi connectivity index (χ1n) is 11.2. The minimum absolute atomic E-state index is 0.0666. The van der Waals surface area contributed by atoms with Gasteiger partial charge < -0.3 is 9.88 Å². The molecule has 0 fully saturated rings. The number of aryl methyl sites for hydroxylation is 1. The number of hydrogen-bond donors (Lipinski definition) is 1. The third kappa shape index (κ3) is 4.40. The normalized spacial score (nSPS) is 13.7. The molecule has 1 aliphatic rings. The third-order valence-electron chi connectivity index (χ3n) is 6.05. The fraction of sp³-hybridized carbons (Fsp3) is 0.154. The van der Waals surface area contributed by atoms with Gasteiger partial charge in [0.15, 0.2) is 5.82 Å². The van der Waals surface area contributed by atoms with Crippen molar-refractivity contribution in [3.8, 4) is 5.82 Å². The predicted octanol–water partition coefficient (Wildman–Crippen LogP) is 3.64. The number of rotatable bonds is 7. The molecule has 0 saturated heterocycles. The van der Waals surface area contributed by atoms with Gasteiger partial charge in [-0.15, -0.1) is 0 Å². The molecule has 1 N–H and O–H groups in total. The Balaban J connectivity index is 1.39. The van der Waals surface area contributed by atoms with Gasteiger partial charge in [-0.25, -0.2) is 4.39 Å². The van der Waals surface area contributed by atoms with E-state index in [-0.39, 0.29) is 13.0 Å². The second-order valence-corrected chi connectivity index (χ2v) is 8.93. The molecular formula is C26H21ClFN5O3. The zero-order chi connectivity index (χ0) is 25.4. The maximum absolute atomic E-state index is 13.8. The molecule has 1 aliphatic heterocycles. The fourth-order valence-electron chi connectivity index (χ4n) is 4.36. The molecule has 3 heterocycles. The number of nitrogens with zero attached hydrogens (tertiary/aromatic N) is 4. The van der Waals surface area contributed by atoms with Crippen molar-refractivity contribution in [3.05, 3.63) is 106 Å². The molecule has 1 atom stereocenters. The summed E-state index contributed by atoms with van der Waals surface area (Å²) in [4.78, 5) is 40.1. The number of halogens is 2. The first kappa shape index (κ1) is 23.5. The lowest BCUT2D eigenvalue weighted by atomic mass is 10.0. The molecule has 182 valence electrons. The number of nitrogens with one attached hydrogen (secondary N) is 1. The summed E-state index contributed by atoms with van der Waals surface area (Å²) >= 11 is 6.21. The minimum Gasteiger partial charge on any atom is -0.347 e. The number of amides is 3. The maximum Gasteiger partial charge on any atom is 0.261 e. The number of aromatic nitrogens is 3. The van der Waals surface area contributed by atoms with E-state index in [1.807, 2.05) is 0 Å². The molecule has 3 amide bonds. The van der Waals surface area contributed by atoms with Gasteiger partial charge in [0, 0.05) is 26.0 Å². The fourth-order valence-corrected chi connectivity index (χ4v) is 4.62. The van der Waals surface area contributed by atoms with Crippen LogP contribution in [0.3, 0.4) is 0 Å². The van der Waals surface area contributed by atoms with Crippen LogP contribution in [0.5, 0.6) is 0 Å². The van der Waals surface area contributed by atoms with E-state index in [2.05, 4.69) is 10.4 Å². The van der Waals surface area contributed by atoms with Crippen molar-refractivity contribution in [2.24, 2.45) is 7.05 Å². The molecule has 8 nitrogen and oxygen atoms in total. The lowest BCUT2D eigenvalue weighted by molar-refractivity contribution is 0.0628. The van der Waals surface area contributed by atoms with Gasteiger partial charge in [0.05, 0.1) is 28.9 Å². The number of fused-ring (bicyclic) bond motifs is 1. The molecule has 36 heavy (non-hydrogen) atoms. The van der Waals surface area contributed by atoms with E-state index >= 15 is 0 Å². The molecule has 5 rings (SSSR count). The van der Waals surface area contributed by atoms with Gasteiger partial charge in [-0.05, 0) is 42.3 Å². The van der Waals surface area contributed by atoms with Crippen molar-refractivity contribution < 1.29 is 18.8 Å². The third-order valence-corrected chi connectivity index (χ3v) is 6.32. The Labute approximate surface area is 210 Å². The van der Waals surface area contributed by atoms with Crippen LogP contribution in [0.15, 0.2) is 73.2 Å². The first-order chi connectivity index (χ1) is 17.3. The Kier molecular flexibility index (Phi) is 6.15. The van der Waals surface area contributed by atoms with Crippen LogP contribution in [0.2, 0.25) is 5.02 Å². The van der Waals surface area contributed by atoms with Crippen LogP contribution < -0.4 is 5.32 Å². The highest BCUT2D eigenvalue weighted by molar-refractivity contribution is 6.32. The topological polar surface area (TPSA) is 89.2 Å². The summed E-state index contributed by atoms with van der Waals surface area (Å²) in [6, 6.07) is 13.5. The number of benzene rings is 2. The van der Waals surface area contributed by atoms with Crippen LogP contribution in [0, 0.1) is 5.82 Å². The highest BCUT2D eigenvalue weighted by Gasteiger charge is 2.36. The standard InChI is InChI=1S/C26H21ClFN5O3/c1-31-24(22(27)13-29-31)32-10-9-17(14-32)23(34)30-19(12-16-5-4-6-18(28)11-16)15-33-25(35)20-7-2-3-8-21(20)26(33)36/h2-11,13-14,19H,12,15H2,1H3,(H,30,34)/t19-/m0/s1. The quantitative estimate of drug-likeness (QED) is 0.388. The molecule has 2 aromatic carbocycles. The Hall–Kier alpha value is -4.24. The second-order valence-electron chi connectivity index (χ2n) is 8.52. The van der Waals surface area contributed by atoms with E-state index in [4.69, 9.17) is 11.6 Å². The Morgan fingerprint density at radius 3 is 2.44 bits per heavy atom. The lowest BCUT2D eigenvalue weighted by Gasteiger charge is -2.24. The summed E-state index contributed by atoms with van der Waals surface area (Å²) < 4.78 is 17.1. The molecular weight excluding hydrogens is 485 g/mol. The minimum atomic E-state index is -0.662. The van der Waals surface area contributed by atoms with Crippen molar-refractivity contribution in [1.82, 2.24) is 24.6 Å². The Bertz CT molecular complexity index is 1440. The largest absolute Gasteiger partial charge is 0.347 e. The summed E-state index contributed by atoms with van der Waals surface area (Å²) in [7, 11) is 1.73. The lowest BCUT2D eigenvalue weighted by Crippen LogP contribution is -2.46. The van der Waals surface area contributed by atoms with Crippen molar-refractivity contribution in [1.29, 1.82) is 0 Å². The Morgan fingerprint density at radius 2 is 1.81 bits per heavy atom. The van der Waals surface area contributed by atoms with Gasteiger partial charge in [0.25, 0.3) is 17.7 Å². The van der Waals surface area contributed by atoms with Gasteiger partial charge in [0.2, 0.25) is 0 Å². The van der Waals surface area contributed by atoms with Crippen LogP contribution in [0.1, 0.15) is 36.6 Å². The smallest absolute Gasteiger partial charge is 0.261 e. The molecule has 0 bridgehead atoms. The van der Waals surface area contributed by atoms with Crippen LogP contribution in [-0.4, -0.2) is 49.6 Å². The van der Waals surface area contributed by atoms with Crippen molar-refractivity contribution in [3.63, 3.8) is 0 Å². The zero-order valence-electron chi connectivity index (χ0n) is 19.2. The molecule has 0 radical (unpaired) electrons.